The molecule has 4 aromatic heterocycles. The number of nitrogens with zero attached hydrogens (tertiary/aromatic N) is 4. The first-order valence-corrected chi connectivity index (χ1v) is 6.75. The summed E-state index contributed by atoms with van der Waals surface area (Å²) in [6, 6.07) is 9.52. The van der Waals surface area contributed by atoms with Crippen LogP contribution in [0.1, 0.15) is 11.1 Å². The molecule has 0 aliphatic carbocycles. The van der Waals surface area contributed by atoms with E-state index in [1.165, 1.54) is 6.21 Å². The van der Waals surface area contributed by atoms with E-state index in [0.717, 1.165) is 27.6 Å². The van der Waals surface area contributed by atoms with Crippen molar-refractivity contribution in [3.63, 3.8) is 0 Å². The van der Waals surface area contributed by atoms with Gasteiger partial charge >= 0.3 is 0 Å². The molecule has 23 heavy (non-hydrogen) atoms. The Morgan fingerprint density at radius 3 is 2.39 bits per heavy atom. The van der Waals surface area contributed by atoms with Crippen LogP contribution in [-0.2, 0) is 0 Å². The van der Waals surface area contributed by atoms with Crippen molar-refractivity contribution >= 4 is 28.3 Å². The molecule has 0 unspecified atom stereocenters. The van der Waals surface area contributed by atoms with Crippen LogP contribution in [-0.4, -0.2) is 31.4 Å². The van der Waals surface area contributed by atoms with Gasteiger partial charge < -0.3 is 15.2 Å². The number of hydrogen-bond donors (Lipinski definition) is 3. The van der Waals surface area contributed by atoms with Gasteiger partial charge in [-0.3, -0.25) is 0 Å². The average molecular weight is 304 g/mol. The molecule has 0 radical (unpaired) electrons. The predicted molar refractivity (Wildman–Crippen MR) is 86.3 cm³/mol. The molecule has 0 bridgehead atoms. The van der Waals surface area contributed by atoms with Crippen molar-refractivity contribution in [3.05, 3.63) is 60.2 Å². The Morgan fingerprint density at radius 2 is 1.70 bits per heavy atom. The maximum absolute atomic E-state index is 8.63. The molecule has 0 atom stereocenters. The van der Waals surface area contributed by atoms with E-state index in [1.807, 2.05) is 24.3 Å². The summed E-state index contributed by atoms with van der Waals surface area (Å²) in [6.45, 7) is 0. The average Bonchev–Trinajstić information content (AvgIpc) is 3.20. The molecule has 3 N–H and O–H groups in total. The van der Waals surface area contributed by atoms with Crippen molar-refractivity contribution in [3.8, 4) is 6.07 Å². The number of nitrogens with one attached hydrogen (secondary N) is 2. The molecule has 0 spiro atoms. The predicted octanol–water partition coefficient (Wildman–Crippen LogP) is 2.81. The van der Waals surface area contributed by atoms with E-state index in [4.69, 9.17) is 10.5 Å². The zero-order valence-electron chi connectivity index (χ0n) is 11.9. The maximum Gasteiger partial charge on any atom is 0.138 e. The molecule has 0 amide bonds. The fourth-order valence-corrected chi connectivity index (χ4v) is 2.19. The first-order valence-electron chi connectivity index (χ1n) is 6.75. The second-order valence-electron chi connectivity index (χ2n) is 4.60. The molecule has 7 nitrogen and oxygen atoms in total. The third-order valence-electron chi connectivity index (χ3n) is 3.25. The number of oxime groups is 1. The summed E-state index contributed by atoms with van der Waals surface area (Å²) in [5.74, 6) is 0. The third-order valence-corrected chi connectivity index (χ3v) is 3.25. The second kappa shape index (κ2) is 6.41. The van der Waals surface area contributed by atoms with Gasteiger partial charge in [-0.15, -0.1) is 0 Å². The Hall–Kier alpha value is -3.66. The number of aromatic amines is 2. The number of hydrogen-bond acceptors (Lipinski definition) is 5. The lowest BCUT2D eigenvalue weighted by atomic mass is 10.2. The molecule has 0 aliphatic rings. The molecule has 112 valence electrons. The standard InChI is InChI=1S/C8H7N3O.C8H5N3/c12-11-5-6-4-10-8-7(6)2-1-3-9-8;9-4-6-5-11-8-7(6)2-1-3-10-8/h1-5,12H,(H,9,10);1-3,5H,(H,10,11)/b11-5+;. The van der Waals surface area contributed by atoms with Crippen molar-refractivity contribution < 1.29 is 5.21 Å². The highest BCUT2D eigenvalue weighted by atomic mass is 16.4. The summed E-state index contributed by atoms with van der Waals surface area (Å²) in [4.78, 5) is 14.0. The summed E-state index contributed by atoms with van der Waals surface area (Å²) in [7, 11) is 0. The van der Waals surface area contributed by atoms with Crippen molar-refractivity contribution in [1.82, 2.24) is 19.9 Å². The van der Waals surface area contributed by atoms with Crippen LogP contribution in [0.25, 0.3) is 22.1 Å². The zero-order valence-corrected chi connectivity index (χ0v) is 11.9. The molecule has 0 saturated carbocycles. The highest BCUT2D eigenvalue weighted by Crippen LogP contribution is 2.14. The lowest BCUT2D eigenvalue weighted by molar-refractivity contribution is 0.322. The van der Waals surface area contributed by atoms with Crippen molar-refractivity contribution in [2.24, 2.45) is 5.16 Å². The van der Waals surface area contributed by atoms with E-state index < -0.39 is 0 Å². The lowest BCUT2D eigenvalue weighted by Crippen LogP contribution is -1.77. The van der Waals surface area contributed by atoms with Crippen LogP contribution < -0.4 is 0 Å². The van der Waals surface area contributed by atoms with Gasteiger partial charge in [0.05, 0.1) is 11.8 Å². The minimum Gasteiger partial charge on any atom is -0.411 e. The molecule has 0 fully saturated rings. The SMILES string of the molecule is N#Cc1c[nH]c2ncccc12.O/N=C/c1c[nH]c2ncccc12. The molecule has 0 aliphatic heterocycles. The van der Waals surface area contributed by atoms with Gasteiger partial charge in [0.25, 0.3) is 0 Å². The van der Waals surface area contributed by atoms with Crippen LogP contribution in [0.4, 0.5) is 0 Å². The Labute approximate surface area is 130 Å². The largest absolute Gasteiger partial charge is 0.411 e. The first kappa shape index (κ1) is 14.3. The molecule has 4 heterocycles. The van der Waals surface area contributed by atoms with E-state index in [-0.39, 0.29) is 0 Å². The molecular weight excluding hydrogens is 292 g/mol. The lowest BCUT2D eigenvalue weighted by Gasteiger charge is -1.87. The van der Waals surface area contributed by atoms with E-state index >= 15 is 0 Å². The summed E-state index contributed by atoms with van der Waals surface area (Å²) in [5, 5.41) is 21.8. The van der Waals surface area contributed by atoms with Gasteiger partial charge in [-0.1, -0.05) is 5.16 Å². The summed E-state index contributed by atoms with van der Waals surface area (Å²) < 4.78 is 0. The highest BCUT2D eigenvalue weighted by molar-refractivity contribution is 5.97. The summed E-state index contributed by atoms with van der Waals surface area (Å²) >= 11 is 0. The van der Waals surface area contributed by atoms with Gasteiger partial charge in [-0.2, -0.15) is 5.26 Å². The Bertz CT molecular complexity index is 1010. The number of pyridine rings is 2. The quantitative estimate of drug-likeness (QED) is 0.285. The first-order chi connectivity index (χ1) is 11.3. The van der Waals surface area contributed by atoms with Gasteiger partial charge in [0, 0.05) is 41.1 Å². The minimum absolute atomic E-state index is 0.646. The number of fused-ring (bicyclic) bond motifs is 2. The van der Waals surface area contributed by atoms with Crippen LogP contribution >= 0.6 is 0 Å². The fraction of sp³-hybridized carbons (Fsp3) is 0. The Morgan fingerprint density at radius 1 is 1.04 bits per heavy atom. The smallest absolute Gasteiger partial charge is 0.138 e. The van der Waals surface area contributed by atoms with Crippen LogP contribution in [0.3, 0.4) is 0 Å². The number of nitriles is 1. The normalized spacial score (nSPS) is 10.6. The van der Waals surface area contributed by atoms with Gasteiger partial charge in [-0.05, 0) is 24.3 Å². The molecule has 4 rings (SSSR count). The molecule has 0 aromatic carbocycles. The van der Waals surface area contributed by atoms with Crippen LogP contribution in [0.2, 0.25) is 0 Å². The van der Waals surface area contributed by atoms with Gasteiger partial charge in [0.15, 0.2) is 0 Å². The zero-order chi connectivity index (χ0) is 16.1. The van der Waals surface area contributed by atoms with Crippen molar-refractivity contribution in [2.75, 3.05) is 0 Å². The Balaban J connectivity index is 0.000000136. The molecule has 7 heteroatoms. The molecule has 4 aromatic rings. The highest BCUT2D eigenvalue weighted by Gasteiger charge is 2.00. The summed E-state index contributed by atoms with van der Waals surface area (Å²) in [6.07, 6.45) is 8.19. The van der Waals surface area contributed by atoms with Gasteiger partial charge in [0.2, 0.25) is 0 Å². The summed E-state index contributed by atoms with van der Waals surface area (Å²) in [5.41, 5.74) is 3.05. The molecule has 0 saturated heterocycles. The molecular formula is C16H12N6O. The topological polar surface area (TPSA) is 114 Å². The van der Waals surface area contributed by atoms with E-state index in [2.05, 4.69) is 31.2 Å². The Kier molecular flexibility index (Phi) is 3.98. The van der Waals surface area contributed by atoms with E-state index in [0.29, 0.717) is 5.56 Å². The van der Waals surface area contributed by atoms with Crippen molar-refractivity contribution in [2.45, 2.75) is 0 Å². The van der Waals surface area contributed by atoms with Gasteiger partial charge in [0.1, 0.15) is 17.4 Å². The van der Waals surface area contributed by atoms with Gasteiger partial charge in [-0.25, -0.2) is 9.97 Å². The number of aromatic nitrogens is 4. The maximum atomic E-state index is 8.63. The van der Waals surface area contributed by atoms with E-state index in [1.54, 1.807) is 24.8 Å². The van der Waals surface area contributed by atoms with Crippen LogP contribution in [0, 0.1) is 11.3 Å². The third kappa shape index (κ3) is 2.87. The monoisotopic (exact) mass is 304 g/mol. The number of H-pyrrole nitrogens is 2. The number of rotatable bonds is 1. The van der Waals surface area contributed by atoms with Crippen molar-refractivity contribution in [1.29, 1.82) is 5.26 Å². The van der Waals surface area contributed by atoms with E-state index in [9.17, 15) is 0 Å². The van der Waals surface area contributed by atoms with Crippen LogP contribution in [0.5, 0.6) is 0 Å². The van der Waals surface area contributed by atoms with Crippen LogP contribution in [0.15, 0.2) is 54.2 Å². The minimum atomic E-state index is 0.646. The fourth-order valence-electron chi connectivity index (χ4n) is 2.19. The second-order valence-corrected chi connectivity index (χ2v) is 4.60.